The summed E-state index contributed by atoms with van der Waals surface area (Å²) in [7, 11) is 0. The Bertz CT molecular complexity index is 894. The van der Waals surface area contributed by atoms with E-state index in [0.29, 0.717) is 6.54 Å². The number of hydrogen-bond donors (Lipinski definition) is 0. The topological polar surface area (TPSA) is 51.3 Å². The Labute approximate surface area is 153 Å². The molecule has 1 aliphatic heterocycles. The first-order valence-electron chi connectivity index (χ1n) is 9.06. The molecule has 0 bridgehead atoms. The van der Waals surface area contributed by atoms with Crippen LogP contribution >= 0.6 is 0 Å². The van der Waals surface area contributed by atoms with Gasteiger partial charge in [-0.05, 0) is 62.6 Å². The molecule has 0 radical (unpaired) electrons. The van der Waals surface area contributed by atoms with Gasteiger partial charge in [0, 0.05) is 17.8 Å². The molecule has 0 spiro atoms. The summed E-state index contributed by atoms with van der Waals surface area (Å²) in [5.41, 5.74) is 4.02. The monoisotopic (exact) mass is 349 g/mol. The number of hydrogen-bond acceptors (Lipinski definition) is 3. The lowest BCUT2D eigenvalue weighted by Crippen LogP contribution is -2.30. The van der Waals surface area contributed by atoms with Gasteiger partial charge in [0.1, 0.15) is 5.76 Å². The van der Waals surface area contributed by atoms with E-state index in [1.807, 2.05) is 52.9 Å². The number of benzene rings is 1. The fourth-order valence-electron chi connectivity index (χ4n) is 3.71. The second-order valence-corrected chi connectivity index (χ2v) is 6.95. The Kier molecular flexibility index (Phi) is 4.37. The highest BCUT2D eigenvalue weighted by molar-refractivity contribution is 5.94. The van der Waals surface area contributed by atoms with Gasteiger partial charge >= 0.3 is 0 Å². The van der Waals surface area contributed by atoms with Gasteiger partial charge in [0.05, 0.1) is 24.5 Å². The molecule has 5 nitrogen and oxygen atoms in total. The predicted octanol–water partition coefficient (Wildman–Crippen LogP) is 4.12. The predicted molar refractivity (Wildman–Crippen MR) is 99.0 cm³/mol. The van der Waals surface area contributed by atoms with Crippen molar-refractivity contribution in [3.05, 3.63) is 77.0 Å². The van der Waals surface area contributed by atoms with Crippen molar-refractivity contribution < 1.29 is 9.21 Å². The van der Waals surface area contributed by atoms with E-state index < -0.39 is 0 Å². The standard InChI is InChI=1S/C21H23N3O2/c1-15-13-16(2)24(22-15)14-17-7-9-18(10-8-17)21(25)23-11-3-5-19(23)20-6-4-12-26-20/h4,6-10,12-13,19H,3,5,11,14H2,1-2H3. The van der Waals surface area contributed by atoms with E-state index in [9.17, 15) is 4.79 Å². The SMILES string of the molecule is Cc1cc(C)n(Cc2ccc(C(=O)N3CCCC3c3ccco3)cc2)n1. The maximum atomic E-state index is 12.9. The Morgan fingerprint density at radius 3 is 2.69 bits per heavy atom. The molecule has 4 rings (SSSR count). The van der Waals surface area contributed by atoms with Crippen molar-refractivity contribution in [2.75, 3.05) is 6.54 Å². The zero-order valence-corrected chi connectivity index (χ0v) is 15.2. The number of aryl methyl sites for hydroxylation is 2. The summed E-state index contributed by atoms with van der Waals surface area (Å²) >= 11 is 0. The number of nitrogens with zero attached hydrogens (tertiary/aromatic N) is 3. The van der Waals surface area contributed by atoms with E-state index in [1.54, 1.807) is 6.26 Å². The number of aromatic nitrogens is 2. The van der Waals surface area contributed by atoms with Crippen LogP contribution in [-0.2, 0) is 6.54 Å². The quantitative estimate of drug-likeness (QED) is 0.712. The van der Waals surface area contributed by atoms with Gasteiger partial charge in [-0.25, -0.2) is 0 Å². The highest BCUT2D eigenvalue weighted by Crippen LogP contribution is 2.33. The summed E-state index contributed by atoms with van der Waals surface area (Å²) in [5.74, 6) is 0.943. The fraction of sp³-hybridized carbons (Fsp3) is 0.333. The summed E-state index contributed by atoms with van der Waals surface area (Å²) in [6.07, 6.45) is 3.63. The van der Waals surface area contributed by atoms with Crippen LogP contribution in [0, 0.1) is 13.8 Å². The van der Waals surface area contributed by atoms with Crippen LogP contribution in [0.3, 0.4) is 0 Å². The minimum atomic E-state index is 0.0480. The third-order valence-corrected chi connectivity index (χ3v) is 5.02. The zero-order valence-electron chi connectivity index (χ0n) is 15.2. The molecule has 5 heteroatoms. The lowest BCUT2D eigenvalue weighted by molar-refractivity contribution is 0.0720. The highest BCUT2D eigenvalue weighted by Gasteiger charge is 2.32. The lowest BCUT2D eigenvalue weighted by atomic mass is 10.1. The zero-order chi connectivity index (χ0) is 18.1. The largest absolute Gasteiger partial charge is 0.467 e. The molecule has 1 atom stereocenters. The maximum Gasteiger partial charge on any atom is 0.254 e. The molecule has 1 fully saturated rings. The first-order chi connectivity index (χ1) is 12.6. The van der Waals surface area contributed by atoms with Crippen molar-refractivity contribution >= 4 is 5.91 Å². The van der Waals surface area contributed by atoms with Crippen molar-refractivity contribution in [3.8, 4) is 0 Å². The average Bonchev–Trinajstić information content (AvgIpc) is 3.36. The van der Waals surface area contributed by atoms with Gasteiger partial charge < -0.3 is 9.32 Å². The maximum absolute atomic E-state index is 12.9. The molecule has 0 aliphatic carbocycles. The first kappa shape index (κ1) is 16.6. The summed E-state index contributed by atoms with van der Waals surface area (Å²) in [5, 5.41) is 4.50. The normalized spacial score (nSPS) is 17.0. The molecule has 2 aromatic heterocycles. The molecule has 26 heavy (non-hydrogen) atoms. The average molecular weight is 349 g/mol. The van der Waals surface area contributed by atoms with Gasteiger partial charge in [0.25, 0.3) is 5.91 Å². The minimum Gasteiger partial charge on any atom is -0.467 e. The summed E-state index contributed by atoms with van der Waals surface area (Å²) in [6, 6.07) is 13.8. The number of furan rings is 1. The molecule has 1 saturated heterocycles. The first-order valence-corrected chi connectivity index (χ1v) is 9.06. The number of amides is 1. The molecule has 0 N–H and O–H groups in total. The molecule has 0 saturated carbocycles. The van der Waals surface area contributed by atoms with Gasteiger partial charge in [0.2, 0.25) is 0 Å². The third-order valence-electron chi connectivity index (χ3n) is 5.02. The van der Waals surface area contributed by atoms with Gasteiger partial charge in [-0.15, -0.1) is 0 Å². The van der Waals surface area contributed by atoms with Crippen LogP contribution in [-0.4, -0.2) is 27.1 Å². The Morgan fingerprint density at radius 2 is 2.04 bits per heavy atom. The third kappa shape index (κ3) is 3.17. The number of rotatable bonds is 4. The van der Waals surface area contributed by atoms with Crippen LogP contribution in [0.5, 0.6) is 0 Å². The van der Waals surface area contributed by atoms with Crippen LogP contribution in [0.1, 0.15) is 52.0 Å². The molecule has 1 unspecified atom stereocenters. The Balaban J connectivity index is 1.49. The van der Waals surface area contributed by atoms with E-state index in [-0.39, 0.29) is 11.9 Å². The van der Waals surface area contributed by atoms with E-state index in [1.165, 1.54) is 0 Å². The minimum absolute atomic E-state index is 0.0480. The van der Waals surface area contributed by atoms with Crippen LogP contribution in [0.2, 0.25) is 0 Å². The van der Waals surface area contributed by atoms with Gasteiger partial charge in [-0.3, -0.25) is 9.48 Å². The van der Waals surface area contributed by atoms with Crippen LogP contribution in [0.15, 0.2) is 53.1 Å². The number of likely N-dealkylation sites (tertiary alicyclic amines) is 1. The molecule has 1 amide bonds. The van der Waals surface area contributed by atoms with E-state index in [2.05, 4.69) is 18.1 Å². The van der Waals surface area contributed by atoms with Crippen molar-refractivity contribution in [3.63, 3.8) is 0 Å². The molecule has 3 aromatic rings. The van der Waals surface area contributed by atoms with Gasteiger partial charge in [0.15, 0.2) is 0 Å². The second kappa shape index (κ2) is 6.83. The molecule has 1 aliphatic rings. The van der Waals surface area contributed by atoms with Gasteiger partial charge in [-0.1, -0.05) is 12.1 Å². The van der Waals surface area contributed by atoms with Gasteiger partial charge in [-0.2, -0.15) is 5.10 Å². The molecule has 3 heterocycles. The van der Waals surface area contributed by atoms with Crippen molar-refractivity contribution in [1.82, 2.24) is 14.7 Å². The Morgan fingerprint density at radius 1 is 1.23 bits per heavy atom. The van der Waals surface area contributed by atoms with Crippen molar-refractivity contribution in [1.29, 1.82) is 0 Å². The van der Waals surface area contributed by atoms with Crippen molar-refractivity contribution in [2.45, 2.75) is 39.3 Å². The molecular formula is C21H23N3O2. The Hall–Kier alpha value is -2.82. The van der Waals surface area contributed by atoms with E-state index in [4.69, 9.17) is 4.42 Å². The van der Waals surface area contributed by atoms with Crippen LogP contribution in [0.25, 0.3) is 0 Å². The van der Waals surface area contributed by atoms with Crippen molar-refractivity contribution in [2.24, 2.45) is 0 Å². The molecular weight excluding hydrogens is 326 g/mol. The number of carbonyl (C=O) groups is 1. The lowest BCUT2D eigenvalue weighted by Gasteiger charge is -2.23. The highest BCUT2D eigenvalue weighted by atomic mass is 16.3. The molecule has 1 aromatic carbocycles. The second-order valence-electron chi connectivity index (χ2n) is 6.95. The van der Waals surface area contributed by atoms with E-state index >= 15 is 0 Å². The van der Waals surface area contributed by atoms with Crippen LogP contribution < -0.4 is 0 Å². The number of carbonyl (C=O) groups excluding carboxylic acids is 1. The van der Waals surface area contributed by atoms with Crippen LogP contribution in [0.4, 0.5) is 0 Å². The fourth-order valence-corrected chi connectivity index (χ4v) is 3.71. The summed E-state index contributed by atoms with van der Waals surface area (Å²) < 4.78 is 7.51. The molecule has 134 valence electrons. The smallest absolute Gasteiger partial charge is 0.254 e. The van der Waals surface area contributed by atoms with E-state index in [0.717, 1.165) is 47.7 Å². The summed E-state index contributed by atoms with van der Waals surface area (Å²) in [6.45, 7) is 5.54. The summed E-state index contributed by atoms with van der Waals surface area (Å²) in [4.78, 5) is 14.9.